The van der Waals surface area contributed by atoms with E-state index in [0.29, 0.717) is 68.9 Å². The molecule has 0 heterocycles. The monoisotopic (exact) mass is 572 g/mol. The van der Waals surface area contributed by atoms with Crippen molar-refractivity contribution in [2.24, 2.45) is 5.14 Å². The zero-order valence-corrected chi connectivity index (χ0v) is 24.5. The van der Waals surface area contributed by atoms with E-state index in [1.165, 1.54) is 7.11 Å². The van der Waals surface area contributed by atoms with Crippen LogP contribution < -0.4 is 28.8 Å². The van der Waals surface area contributed by atoms with Crippen LogP contribution >= 0.6 is 0 Å². The predicted octanol–water partition coefficient (Wildman–Crippen LogP) is 4.53. The average molecular weight is 573 g/mol. The number of hydrogen-bond acceptors (Lipinski definition) is 8. The summed E-state index contributed by atoms with van der Waals surface area (Å²) in [5.74, 6) is 3.00. The van der Waals surface area contributed by atoms with Gasteiger partial charge in [0, 0.05) is 19.1 Å². The van der Waals surface area contributed by atoms with Crippen LogP contribution in [-0.2, 0) is 16.4 Å². The molecule has 0 bridgehead atoms. The molecule has 1 unspecified atom stereocenters. The van der Waals surface area contributed by atoms with E-state index in [-0.39, 0.29) is 16.7 Å². The first-order valence-corrected chi connectivity index (χ1v) is 14.9. The zero-order chi connectivity index (χ0) is 29.0. The lowest BCUT2D eigenvalue weighted by molar-refractivity contribution is 0.137. The Labute approximate surface area is 237 Å². The molecule has 218 valence electrons. The molecule has 10 heteroatoms. The highest BCUT2D eigenvalue weighted by atomic mass is 32.2. The maximum Gasteiger partial charge on any atom is 0.241 e. The van der Waals surface area contributed by atoms with Gasteiger partial charge in [-0.1, -0.05) is 30.3 Å². The van der Waals surface area contributed by atoms with Crippen LogP contribution in [0, 0.1) is 0 Å². The third kappa shape index (κ3) is 9.04. The first-order chi connectivity index (χ1) is 19.3. The van der Waals surface area contributed by atoms with E-state index in [4.69, 9.17) is 28.8 Å². The van der Waals surface area contributed by atoms with Gasteiger partial charge in [-0.2, -0.15) is 0 Å². The van der Waals surface area contributed by atoms with Crippen molar-refractivity contribution in [1.29, 1.82) is 0 Å². The predicted molar refractivity (Wildman–Crippen MR) is 155 cm³/mol. The van der Waals surface area contributed by atoms with Crippen molar-refractivity contribution < 1.29 is 32.1 Å². The second kappa shape index (κ2) is 15.4. The third-order valence-electron chi connectivity index (χ3n) is 6.26. The Kier molecular flexibility index (Phi) is 11.9. The Bertz CT molecular complexity index is 1260. The number of hydrogen-bond donors (Lipinski definition) is 1. The highest BCUT2D eigenvalue weighted by Gasteiger charge is 2.20. The van der Waals surface area contributed by atoms with Gasteiger partial charge in [0.15, 0.2) is 23.0 Å². The fraction of sp³-hybridized carbons (Fsp3) is 0.400. The number of rotatable bonds is 17. The van der Waals surface area contributed by atoms with Crippen molar-refractivity contribution in [1.82, 2.24) is 4.90 Å². The van der Waals surface area contributed by atoms with E-state index in [9.17, 15) is 8.42 Å². The molecule has 2 N–H and O–H groups in total. The van der Waals surface area contributed by atoms with Crippen molar-refractivity contribution in [3.63, 3.8) is 0 Å². The maximum atomic E-state index is 12.1. The second-order valence-corrected chi connectivity index (χ2v) is 10.6. The molecule has 3 rings (SSSR count). The molecule has 0 aliphatic heterocycles. The van der Waals surface area contributed by atoms with Crippen LogP contribution in [0.25, 0.3) is 0 Å². The lowest BCUT2D eigenvalue weighted by Gasteiger charge is -2.29. The number of nitrogens with two attached hydrogens (primary N) is 1. The molecule has 0 aliphatic rings. The van der Waals surface area contributed by atoms with E-state index in [1.807, 2.05) is 68.4 Å². The summed E-state index contributed by atoms with van der Waals surface area (Å²) in [4.78, 5) is 2.21. The van der Waals surface area contributed by atoms with Gasteiger partial charge in [-0.3, -0.25) is 4.90 Å². The van der Waals surface area contributed by atoms with Crippen molar-refractivity contribution in [2.45, 2.75) is 38.1 Å². The lowest BCUT2D eigenvalue weighted by Crippen LogP contribution is -2.40. The van der Waals surface area contributed by atoms with E-state index >= 15 is 0 Å². The minimum atomic E-state index is -3.93. The molecular weight excluding hydrogens is 532 g/mol. The van der Waals surface area contributed by atoms with E-state index in [0.717, 1.165) is 5.56 Å². The van der Waals surface area contributed by atoms with Crippen LogP contribution in [-0.4, -0.2) is 66.0 Å². The van der Waals surface area contributed by atoms with Crippen molar-refractivity contribution in [3.05, 3.63) is 72.3 Å². The summed E-state index contributed by atoms with van der Waals surface area (Å²) in [6.45, 7) is 9.12. The summed E-state index contributed by atoms with van der Waals surface area (Å²) < 4.78 is 53.0. The van der Waals surface area contributed by atoms with Crippen LogP contribution in [0.5, 0.6) is 28.7 Å². The molecule has 0 fully saturated rings. The van der Waals surface area contributed by atoms with Crippen LogP contribution in [0.4, 0.5) is 0 Å². The van der Waals surface area contributed by atoms with E-state index in [2.05, 4.69) is 11.8 Å². The minimum absolute atomic E-state index is 0.0261. The van der Waals surface area contributed by atoms with Crippen molar-refractivity contribution in [2.75, 3.05) is 46.6 Å². The molecule has 0 radical (unpaired) electrons. The number of benzene rings is 3. The zero-order valence-electron chi connectivity index (χ0n) is 23.7. The van der Waals surface area contributed by atoms with Crippen molar-refractivity contribution in [3.8, 4) is 28.7 Å². The number of sulfonamides is 1. The Balaban J connectivity index is 1.73. The topological polar surface area (TPSA) is 110 Å². The molecule has 0 aromatic heterocycles. The Morgan fingerprint density at radius 2 is 1.23 bits per heavy atom. The molecule has 0 saturated carbocycles. The van der Waals surface area contributed by atoms with Crippen LogP contribution in [0.2, 0.25) is 0 Å². The van der Waals surface area contributed by atoms with Gasteiger partial charge in [0.25, 0.3) is 0 Å². The van der Waals surface area contributed by atoms with E-state index in [1.54, 1.807) is 12.1 Å². The van der Waals surface area contributed by atoms with Gasteiger partial charge in [-0.25, -0.2) is 13.6 Å². The number of primary sulfonamides is 1. The van der Waals surface area contributed by atoms with Gasteiger partial charge < -0.3 is 23.7 Å². The Hall–Kier alpha value is -3.47. The molecule has 0 aliphatic carbocycles. The van der Waals surface area contributed by atoms with Gasteiger partial charge in [-0.15, -0.1) is 0 Å². The van der Waals surface area contributed by atoms with Crippen LogP contribution in [0.3, 0.4) is 0 Å². The third-order valence-corrected chi connectivity index (χ3v) is 7.19. The number of ether oxygens (including phenoxy) is 5. The smallest absolute Gasteiger partial charge is 0.241 e. The van der Waals surface area contributed by atoms with Gasteiger partial charge in [0.05, 0.1) is 20.3 Å². The number of methoxy groups -OCH3 is 1. The lowest BCUT2D eigenvalue weighted by atomic mass is 10.1. The highest BCUT2D eigenvalue weighted by Crippen LogP contribution is 2.28. The number of para-hydroxylation sites is 4. The summed E-state index contributed by atoms with van der Waals surface area (Å²) in [5, 5.41) is 5.43. The largest absolute Gasteiger partial charge is 0.495 e. The second-order valence-electron chi connectivity index (χ2n) is 9.08. The summed E-state index contributed by atoms with van der Waals surface area (Å²) >= 11 is 0. The molecule has 0 amide bonds. The number of nitrogens with zero attached hydrogens (tertiary/aromatic N) is 1. The quantitative estimate of drug-likeness (QED) is 0.251. The average Bonchev–Trinajstić information content (AvgIpc) is 2.93. The van der Waals surface area contributed by atoms with Crippen LogP contribution in [0.1, 0.15) is 26.3 Å². The molecular formula is C30H40N2O7S. The van der Waals surface area contributed by atoms with E-state index < -0.39 is 10.0 Å². The molecule has 3 aromatic carbocycles. The first-order valence-electron chi connectivity index (χ1n) is 13.4. The molecule has 1 atom stereocenters. The standard InChI is InChI=1S/C30H40N2O7S/c1-5-36-25-11-7-9-13-27(25)38-19-17-32(18-20-39-28-14-10-8-12-26(28)37-6-2)23(3)21-24-15-16-29(35-4)30(22-24)40(31,33)34/h7-16,22-23H,5-6,17-21H2,1-4H3,(H2,31,33,34). The fourth-order valence-electron chi connectivity index (χ4n) is 4.33. The summed E-state index contributed by atoms with van der Waals surface area (Å²) in [6, 6.07) is 20.3. The van der Waals surface area contributed by atoms with Gasteiger partial charge in [0.1, 0.15) is 23.9 Å². The SMILES string of the molecule is CCOc1ccccc1OCCN(CCOc1ccccc1OCC)C(C)Cc1ccc(OC)c(S(N)(=O)=O)c1. The normalized spacial score (nSPS) is 12.2. The van der Waals surface area contributed by atoms with Gasteiger partial charge >= 0.3 is 0 Å². The van der Waals surface area contributed by atoms with Crippen LogP contribution in [0.15, 0.2) is 71.6 Å². The molecule has 3 aromatic rings. The fourth-order valence-corrected chi connectivity index (χ4v) is 5.07. The highest BCUT2D eigenvalue weighted by molar-refractivity contribution is 7.89. The minimum Gasteiger partial charge on any atom is -0.495 e. The molecule has 0 saturated heterocycles. The van der Waals surface area contributed by atoms with Gasteiger partial charge in [0.2, 0.25) is 10.0 Å². The maximum absolute atomic E-state index is 12.1. The summed E-state index contributed by atoms with van der Waals surface area (Å²) in [7, 11) is -2.52. The Morgan fingerprint density at radius 3 is 1.65 bits per heavy atom. The van der Waals surface area contributed by atoms with Crippen molar-refractivity contribution >= 4 is 10.0 Å². The molecule has 40 heavy (non-hydrogen) atoms. The molecule has 0 spiro atoms. The first kappa shape index (κ1) is 31.1. The summed E-state index contributed by atoms with van der Waals surface area (Å²) in [6.07, 6.45) is 0.581. The van der Waals surface area contributed by atoms with Gasteiger partial charge in [-0.05, 0) is 69.2 Å². The summed E-state index contributed by atoms with van der Waals surface area (Å²) in [5.41, 5.74) is 0.826. The molecule has 9 nitrogen and oxygen atoms in total. The Morgan fingerprint density at radius 1 is 0.750 bits per heavy atom.